The fourth-order valence-corrected chi connectivity index (χ4v) is 8.66. The van der Waals surface area contributed by atoms with E-state index in [0.29, 0.717) is 19.3 Å². The first-order chi connectivity index (χ1) is 33.0. The zero-order valence-corrected chi connectivity index (χ0v) is 44.5. The van der Waals surface area contributed by atoms with Gasteiger partial charge in [0.05, 0.1) is 25.2 Å². The fourth-order valence-electron chi connectivity index (χ4n) is 8.66. The molecule has 0 aromatic carbocycles. The van der Waals surface area contributed by atoms with Crippen LogP contribution in [0.2, 0.25) is 0 Å². The van der Waals surface area contributed by atoms with Crippen LogP contribution in [0.4, 0.5) is 0 Å². The van der Waals surface area contributed by atoms with E-state index in [2.05, 4.69) is 86.8 Å². The van der Waals surface area contributed by atoms with E-state index in [4.69, 9.17) is 4.74 Å². The first-order valence-corrected chi connectivity index (χ1v) is 29.0. The Morgan fingerprint density at radius 2 is 0.806 bits per heavy atom. The first-order valence-electron chi connectivity index (χ1n) is 29.0. The molecule has 0 fully saturated rings. The van der Waals surface area contributed by atoms with E-state index in [1.54, 1.807) is 0 Å². The smallest absolute Gasteiger partial charge is 0.306 e. The number of carbonyl (C=O) groups is 2. The number of hydrogen-bond donors (Lipinski definition) is 3. The predicted octanol–water partition coefficient (Wildman–Crippen LogP) is 18.0. The van der Waals surface area contributed by atoms with Gasteiger partial charge in [0.1, 0.15) is 6.10 Å². The van der Waals surface area contributed by atoms with Gasteiger partial charge in [0.25, 0.3) is 0 Å². The Balaban J connectivity index is 4.64. The molecule has 67 heavy (non-hydrogen) atoms. The van der Waals surface area contributed by atoms with Crippen LogP contribution in [0.25, 0.3) is 0 Å². The van der Waals surface area contributed by atoms with Crippen LogP contribution in [0.5, 0.6) is 0 Å². The molecule has 390 valence electrons. The number of esters is 1. The van der Waals surface area contributed by atoms with Crippen LogP contribution in [0, 0.1) is 0 Å². The van der Waals surface area contributed by atoms with Crippen LogP contribution in [-0.2, 0) is 14.3 Å². The first kappa shape index (κ1) is 64.6. The summed E-state index contributed by atoms with van der Waals surface area (Å²) in [6, 6.07) is -0.717. The van der Waals surface area contributed by atoms with Gasteiger partial charge in [-0.1, -0.05) is 248 Å². The van der Waals surface area contributed by atoms with Crippen LogP contribution in [0.1, 0.15) is 290 Å². The van der Waals surface area contributed by atoms with Gasteiger partial charge in [-0.15, -0.1) is 0 Å². The summed E-state index contributed by atoms with van der Waals surface area (Å²) in [6.45, 7) is 6.46. The number of ether oxygens (including phenoxy) is 1. The van der Waals surface area contributed by atoms with Crippen LogP contribution >= 0.6 is 0 Å². The summed E-state index contributed by atoms with van der Waals surface area (Å²) >= 11 is 0. The maximum Gasteiger partial charge on any atom is 0.306 e. The lowest BCUT2D eigenvalue weighted by molar-refractivity contribution is -0.151. The van der Waals surface area contributed by atoms with Gasteiger partial charge in [0.15, 0.2) is 0 Å². The summed E-state index contributed by atoms with van der Waals surface area (Å²) in [4.78, 5) is 26.3. The van der Waals surface area contributed by atoms with Crippen LogP contribution < -0.4 is 5.32 Å². The average Bonchev–Trinajstić information content (AvgIpc) is 3.32. The Bertz CT molecular complexity index is 1190. The molecule has 0 aliphatic rings. The topological polar surface area (TPSA) is 95.9 Å². The Morgan fingerprint density at radius 1 is 0.448 bits per heavy atom. The SMILES string of the molecule is CCCCC/C=C\C/C=C\C/C=C\CCCCCCC(=O)OC(CCCCC/C=C/C=C/CCCCCCCCC)CC(=O)NC(CO)C(O)CCCCCCCCCCCCCCCCC. The fraction of sp³-hybridized carbons (Fsp3) is 0.803. The molecular formula is C61H111NO5. The van der Waals surface area contributed by atoms with Crippen LogP contribution in [0.3, 0.4) is 0 Å². The molecule has 0 spiro atoms. The molecule has 0 saturated heterocycles. The Labute approximate surface area is 416 Å². The van der Waals surface area contributed by atoms with Gasteiger partial charge >= 0.3 is 5.97 Å². The lowest BCUT2D eigenvalue weighted by Crippen LogP contribution is -2.46. The number of aliphatic hydroxyl groups is 2. The maximum atomic E-state index is 13.3. The van der Waals surface area contributed by atoms with Gasteiger partial charge in [0.2, 0.25) is 5.91 Å². The molecule has 6 nitrogen and oxygen atoms in total. The number of aliphatic hydroxyl groups excluding tert-OH is 2. The molecule has 3 atom stereocenters. The second kappa shape index (κ2) is 54.5. The summed E-state index contributed by atoms with van der Waals surface area (Å²) in [6.07, 6.45) is 68.5. The van der Waals surface area contributed by atoms with Crippen LogP contribution in [-0.4, -0.2) is 46.9 Å². The highest BCUT2D eigenvalue weighted by Gasteiger charge is 2.24. The third-order valence-corrected chi connectivity index (χ3v) is 13.1. The number of nitrogens with one attached hydrogen (secondary N) is 1. The van der Waals surface area contributed by atoms with Gasteiger partial charge < -0.3 is 20.3 Å². The van der Waals surface area contributed by atoms with E-state index in [-0.39, 0.29) is 24.9 Å². The zero-order chi connectivity index (χ0) is 48.8. The van der Waals surface area contributed by atoms with E-state index >= 15 is 0 Å². The van der Waals surface area contributed by atoms with Crippen molar-refractivity contribution in [3.8, 4) is 0 Å². The van der Waals surface area contributed by atoms with Gasteiger partial charge in [-0.25, -0.2) is 0 Å². The molecule has 0 heterocycles. The minimum atomic E-state index is -0.801. The summed E-state index contributed by atoms with van der Waals surface area (Å²) < 4.78 is 5.94. The normalized spacial score (nSPS) is 13.6. The Kier molecular flexibility index (Phi) is 52.5. The van der Waals surface area contributed by atoms with E-state index in [1.807, 2.05) is 0 Å². The summed E-state index contributed by atoms with van der Waals surface area (Å²) in [7, 11) is 0. The molecule has 0 saturated carbocycles. The van der Waals surface area contributed by atoms with E-state index in [0.717, 1.165) is 96.3 Å². The summed E-state index contributed by atoms with van der Waals surface area (Å²) in [5.41, 5.74) is 0. The second-order valence-corrected chi connectivity index (χ2v) is 19.7. The minimum Gasteiger partial charge on any atom is -0.462 e. The van der Waals surface area contributed by atoms with Crippen molar-refractivity contribution < 1.29 is 24.5 Å². The average molecular weight is 939 g/mol. The molecule has 0 rings (SSSR count). The molecular weight excluding hydrogens is 827 g/mol. The monoisotopic (exact) mass is 938 g/mol. The van der Waals surface area contributed by atoms with Gasteiger partial charge in [-0.05, 0) is 89.9 Å². The number of hydrogen-bond acceptors (Lipinski definition) is 5. The summed E-state index contributed by atoms with van der Waals surface area (Å²) in [5.74, 6) is -0.518. The standard InChI is InChI=1S/C61H111NO5/c1-4-7-10-13-16-19-22-25-28-30-33-36-39-42-45-48-51-54-61(66)67-57(52-49-46-43-40-37-34-32-29-26-23-20-17-14-11-8-5-2)55-60(65)62-58(56-63)59(64)53-50-47-44-41-38-35-31-27-24-21-18-15-12-9-6-3/h16,19,25,28-29,32-34,36-37,57-59,63-64H,4-15,17-18,20-24,26-27,30-31,35,38-56H2,1-3H3,(H,62,65)/b19-16-,28-25-,32-29+,36-33-,37-34+. The molecule has 0 aromatic rings. The molecule has 6 heteroatoms. The maximum absolute atomic E-state index is 13.3. The van der Waals surface area contributed by atoms with E-state index < -0.39 is 18.2 Å². The minimum absolute atomic E-state index is 0.0502. The molecule has 3 N–H and O–H groups in total. The highest BCUT2D eigenvalue weighted by molar-refractivity contribution is 5.77. The molecule has 0 aliphatic heterocycles. The highest BCUT2D eigenvalue weighted by atomic mass is 16.5. The van der Waals surface area contributed by atoms with Crippen LogP contribution in [0.15, 0.2) is 60.8 Å². The predicted molar refractivity (Wildman–Crippen MR) is 292 cm³/mol. The van der Waals surface area contributed by atoms with Crippen molar-refractivity contribution in [2.45, 2.75) is 309 Å². The van der Waals surface area contributed by atoms with E-state index in [9.17, 15) is 19.8 Å². The number of carbonyl (C=O) groups excluding carboxylic acids is 2. The molecule has 0 aliphatic carbocycles. The molecule has 0 radical (unpaired) electrons. The van der Waals surface area contributed by atoms with E-state index in [1.165, 1.54) is 148 Å². The summed E-state index contributed by atoms with van der Waals surface area (Å²) in [5, 5.41) is 23.9. The highest BCUT2D eigenvalue weighted by Crippen LogP contribution is 2.18. The van der Waals surface area contributed by atoms with Crippen molar-refractivity contribution in [1.29, 1.82) is 0 Å². The van der Waals surface area contributed by atoms with Gasteiger partial charge in [-0.2, -0.15) is 0 Å². The Morgan fingerprint density at radius 3 is 1.28 bits per heavy atom. The molecule has 1 amide bonds. The lowest BCUT2D eigenvalue weighted by atomic mass is 10.0. The zero-order valence-electron chi connectivity index (χ0n) is 44.5. The second-order valence-electron chi connectivity index (χ2n) is 19.7. The van der Waals surface area contributed by atoms with Gasteiger partial charge in [0, 0.05) is 6.42 Å². The number of amides is 1. The number of unbranched alkanes of at least 4 members (excludes halogenated alkanes) is 31. The number of allylic oxidation sites excluding steroid dienone is 10. The largest absolute Gasteiger partial charge is 0.462 e. The number of rotatable bonds is 52. The molecule has 0 aromatic heterocycles. The van der Waals surface area contributed by atoms with Crippen molar-refractivity contribution in [2.24, 2.45) is 0 Å². The van der Waals surface area contributed by atoms with Crippen molar-refractivity contribution in [3.63, 3.8) is 0 Å². The molecule has 3 unspecified atom stereocenters. The third kappa shape index (κ3) is 49.8. The van der Waals surface area contributed by atoms with Crippen molar-refractivity contribution >= 4 is 11.9 Å². The van der Waals surface area contributed by atoms with Crippen molar-refractivity contribution in [3.05, 3.63) is 60.8 Å². The Hall–Kier alpha value is -2.44. The lowest BCUT2D eigenvalue weighted by Gasteiger charge is -2.24. The quantitative estimate of drug-likeness (QED) is 0.0244. The van der Waals surface area contributed by atoms with Crippen molar-refractivity contribution in [2.75, 3.05) is 6.61 Å². The van der Waals surface area contributed by atoms with Crippen molar-refractivity contribution in [1.82, 2.24) is 5.32 Å². The van der Waals surface area contributed by atoms with Gasteiger partial charge in [-0.3, -0.25) is 9.59 Å². The third-order valence-electron chi connectivity index (χ3n) is 13.1. The molecule has 0 bridgehead atoms.